The van der Waals surface area contributed by atoms with Gasteiger partial charge in [-0.05, 0) is 50.2 Å². The molecular formula is C28H27N3O2S. The van der Waals surface area contributed by atoms with Crippen LogP contribution in [-0.2, 0) is 9.59 Å². The summed E-state index contributed by atoms with van der Waals surface area (Å²) in [4.78, 5) is 34.5. The molecule has 5 nitrogen and oxygen atoms in total. The topological polar surface area (TPSA) is 43.9 Å². The van der Waals surface area contributed by atoms with Crippen LogP contribution < -0.4 is 9.80 Å². The van der Waals surface area contributed by atoms with Gasteiger partial charge in [0.2, 0.25) is 0 Å². The third-order valence-electron chi connectivity index (χ3n) is 6.27. The number of aryl methyl sites for hydroxylation is 2. The number of carbonyl (C=O) groups is 2. The van der Waals surface area contributed by atoms with Gasteiger partial charge >= 0.3 is 0 Å². The standard InChI is InChI=1S/C28H27N3O2S/c1-20-8-12-23(13-9-20)31-27(32)25(26(28(31)33)34-24-14-10-21(2)11-15-24)30-18-16-29(17-19-30)22-6-4-3-5-7-22/h3-15H,16-19H2,1-2H3. The molecule has 3 aromatic carbocycles. The van der Waals surface area contributed by atoms with Gasteiger partial charge in [-0.15, -0.1) is 0 Å². The van der Waals surface area contributed by atoms with E-state index in [0.29, 0.717) is 29.4 Å². The Hall–Kier alpha value is -3.51. The molecule has 0 N–H and O–H groups in total. The van der Waals surface area contributed by atoms with Gasteiger partial charge < -0.3 is 9.80 Å². The summed E-state index contributed by atoms with van der Waals surface area (Å²) < 4.78 is 0. The van der Waals surface area contributed by atoms with Crippen molar-refractivity contribution in [1.29, 1.82) is 0 Å². The molecule has 0 aromatic heterocycles. The number of carbonyl (C=O) groups excluding carboxylic acids is 2. The Kier molecular flexibility index (Phi) is 6.16. The molecule has 0 saturated carbocycles. The van der Waals surface area contributed by atoms with Gasteiger partial charge in [0.15, 0.2) is 0 Å². The molecule has 2 aliphatic heterocycles. The van der Waals surface area contributed by atoms with Crippen LogP contribution in [0.2, 0.25) is 0 Å². The van der Waals surface area contributed by atoms with Gasteiger partial charge in [-0.3, -0.25) is 9.59 Å². The largest absolute Gasteiger partial charge is 0.368 e. The second-order valence-electron chi connectivity index (χ2n) is 8.68. The summed E-state index contributed by atoms with van der Waals surface area (Å²) in [5, 5.41) is 0. The molecule has 34 heavy (non-hydrogen) atoms. The minimum absolute atomic E-state index is 0.239. The number of nitrogens with zero attached hydrogens (tertiary/aromatic N) is 3. The quantitative estimate of drug-likeness (QED) is 0.492. The normalized spacial score (nSPS) is 16.6. The highest BCUT2D eigenvalue weighted by Gasteiger charge is 2.43. The van der Waals surface area contributed by atoms with E-state index < -0.39 is 0 Å². The Morgan fingerprint density at radius 1 is 0.618 bits per heavy atom. The molecule has 172 valence electrons. The highest BCUT2D eigenvalue weighted by molar-refractivity contribution is 8.04. The molecular weight excluding hydrogens is 442 g/mol. The summed E-state index contributed by atoms with van der Waals surface area (Å²) in [6.07, 6.45) is 0. The molecule has 0 spiro atoms. The number of hydrogen-bond acceptors (Lipinski definition) is 5. The van der Waals surface area contributed by atoms with Gasteiger partial charge in [-0.2, -0.15) is 0 Å². The Labute approximate surface area is 204 Å². The second-order valence-corrected chi connectivity index (χ2v) is 9.77. The number of hydrogen-bond donors (Lipinski definition) is 0. The molecule has 0 atom stereocenters. The van der Waals surface area contributed by atoms with E-state index in [1.165, 1.54) is 22.3 Å². The summed E-state index contributed by atoms with van der Waals surface area (Å²) in [5.41, 5.74) is 4.55. The number of piperazine rings is 1. The fourth-order valence-electron chi connectivity index (χ4n) is 4.35. The summed E-state index contributed by atoms with van der Waals surface area (Å²) in [7, 11) is 0. The van der Waals surface area contributed by atoms with Gasteiger partial charge in [0, 0.05) is 36.8 Å². The predicted molar refractivity (Wildman–Crippen MR) is 138 cm³/mol. The van der Waals surface area contributed by atoms with Gasteiger partial charge in [-0.1, -0.05) is 65.4 Å². The summed E-state index contributed by atoms with van der Waals surface area (Å²) in [6.45, 7) is 6.98. The molecule has 0 aliphatic carbocycles. The Morgan fingerprint density at radius 3 is 1.79 bits per heavy atom. The lowest BCUT2D eigenvalue weighted by atomic mass is 10.2. The van der Waals surface area contributed by atoms with Gasteiger partial charge in [-0.25, -0.2) is 4.90 Å². The number of para-hydroxylation sites is 1. The fraction of sp³-hybridized carbons (Fsp3) is 0.214. The molecule has 0 unspecified atom stereocenters. The van der Waals surface area contributed by atoms with E-state index in [0.717, 1.165) is 29.1 Å². The Balaban J connectivity index is 1.45. The van der Waals surface area contributed by atoms with Crippen molar-refractivity contribution in [2.24, 2.45) is 0 Å². The number of anilines is 2. The van der Waals surface area contributed by atoms with Crippen molar-refractivity contribution in [2.75, 3.05) is 36.0 Å². The van der Waals surface area contributed by atoms with E-state index in [4.69, 9.17) is 0 Å². The number of rotatable bonds is 5. The van der Waals surface area contributed by atoms with Crippen LogP contribution in [0, 0.1) is 13.8 Å². The van der Waals surface area contributed by atoms with Crippen LogP contribution in [-0.4, -0.2) is 42.9 Å². The highest BCUT2D eigenvalue weighted by atomic mass is 32.2. The summed E-state index contributed by atoms with van der Waals surface area (Å²) in [5.74, 6) is -0.489. The first-order valence-corrected chi connectivity index (χ1v) is 12.3. The average molecular weight is 470 g/mol. The molecule has 2 heterocycles. The van der Waals surface area contributed by atoms with Crippen LogP contribution in [0.5, 0.6) is 0 Å². The van der Waals surface area contributed by atoms with Gasteiger partial charge in [0.05, 0.1) is 5.69 Å². The molecule has 0 radical (unpaired) electrons. The average Bonchev–Trinajstić information content (AvgIpc) is 3.11. The molecule has 1 saturated heterocycles. The first-order chi connectivity index (χ1) is 16.5. The molecule has 2 amide bonds. The van der Waals surface area contributed by atoms with Crippen LogP contribution in [0.1, 0.15) is 11.1 Å². The van der Waals surface area contributed by atoms with E-state index >= 15 is 0 Å². The number of amides is 2. The van der Waals surface area contributed by atoms with E-state index in [-0.39, 0.29) is 11.8 Å². The van der Waals surface area contributed by atoms with E-state index in [1.807, 2.05) is 80.6 Å². The second kappa shape index (κ2) is 9.39. The third-order valence-corrected chi connectivity index (χ3v) is 7.35. The van der Waals surface area contributed by atoms with E-state index in [2.05, 4.69) is 21.9 Å². The predicted octanol–water partition coefficient (Wildman–Crippen LogP) is 5.00. The van der Waals surface area contributed by atoms with Crippen molar-refractivity contribution < 1.29 is 9.59 Å². The number of imide groups is 1. The number of thioether (sulfide) groups is 1. The third kappa shape index (κ3) is 4.33. The van der Waals surface area contributed by atoms with Crippen molar-refractivity contribution in [3.63, 3.8) is 0 Å². The lowest BCUT2D eigenvalue weighted by Crippen LogP contribution is -2.47. The summed E-state index contributed by atoms with van der Waals surface area (Å²) in [6, 6.07) is 25.9. The lowest BCUT2D eigenvalue weighted by Gasteiger charge is -2.37. The summed E-state index contributed by atoms with van der Waals surface area (Å²) >= 11 is 1.38. The van der Waals surface area contributed by atoms with E-state index in [9.17, 15) is 9.59 Å². The Morgan fingerprint density at radius 2 is 1.18 bits per heavy atom. The van der Waals surface area contributed by atoms with Crippen LogP contribution in [0.15, 0.2) is 94.4 Å². The first kappa shape index (κ1) is 22.3. The number of benzene rings is 3. The van der Waals surface area contributed by atoms with Crippen LogP contribution in [0.4, 0.5) is 11.4 Å². The minimum Gasteiger partial charge on any atom is -0.368 e. The zero-order chi connectivity index (χ0) is 23.7. The van der Waals surface area contributed by atoms with Crippen molar-refractivity contribution in [3.8, 4) is 0 Å². The molecule has 6 heteroatoms. The molecule has 2 aliphatic rings. The van der Waals surface area contributed by atoms with E-state index in [1.54, 1.807) is 0 Å². The Bertz CT molecular complexity index is 1230. The maximum Gasteiger partial charge on any atom is 0.283 e. The van der Waals surface area contributed by atoms with Crippen molar-refractivity contribution in [3.05, 3.63) is 101 Å². The fourth-order valence-corrected chi connectivity index (χ4v) is 5.35. The molecule has 3 aromatic rings. The van der Waals surface area contributed by atoms with Gasteiger partial charge in [0.25, 0.3) is 11.8 Å². The van der Waals surface area contributed by atoms with Crippen molar-refractivity contribution in [1.82, 2.24) is 4.90 Å². The van der Waals surface area contributed by atoms with Crippen LogP contribution in [0.3, 0.4) is 0 Å². The highest BCUT2D eigenvalue weighted by Crippen LogP contribution is 2.39. The minimum atomic E-state index is -0.250. The zero-order valence-electron chi connectivity index (χ0n) is 19.4. The van der Waals surface area contributed by atoms with Crippen LogP contribution in [0.25, 0.3) is 0 Å². The lowest BCUT2D eigenvalue weighted by molar-refractivity contribution is -0.121. The monoisotopic (exact) mass is 469 g/mol. The van der Waals surface area contributed by atoms with Gasteiger partial charge in [0.1, 0.15) is 10.6 Å². The van der Waals surface area contributed by atoms with Crippen molar-refractivity contribution >= 4 is 35.0 Å². The maximum absolute atomic E-state index is 13.7. The molecule has 0 bridgehead atoms. The SMILES string of the molecule is Cc1ccc(SC2=C(N3CCN(c4ccccc4)CC3)C(=O)N(c3ccc(C)cc3)C2=O)cc1. The molecule has 1 fully saturated rings. The van der Waals surface area contributed by atoms with Crippen LogP contribution >= 0.6 is 11.8 Å². The van der Waals surface area contributed by atoms with Crippen molar-refractivity contribution in [2.45, 2.75) is 18.7 Å². The zero-order valence-corrected chi connectivity index (χ0v) is 20.2. The molecule has 5 rings (SSSR count). The first-order valence-electron chi connectivity index (χ1n) is 11.5. The maximum atomic E-state index is 13.7. The smallest absolute Gasteiger partial charge is 0.283 e.